The van der Waals surface area contributed by atoms with Crippen molar-refractivity contribution in [3.8, 4) is 6.07 Å². The Morgan fingerprint density at radius 1 is 1.17 bits per heavy atom. The molecular formula is C19H16ClN3O. The second kappa shape index (κ2) is 6.88. The fourth-order valence-corrected chi connectivity index (χ4v) is 2.95. The van der Waals surface area contributed by atoms with Crippen LogP contribution in [0.1, 0.15) is 23.6 Å². The molecule has 1 aliphatic heterocycles. The molecule has 1 N–H and O–H groups in total. The lowest BCUT2D eigenvalue weighted by atomic mass is 9.97. The number of ketones is 1. The minimum absolute atomic E-state index is 0.141. The second-order valence-electron chi connectivity index (χ2n) is 5.65. The Bertz CT molecular complexity index is 822. The largest absolute Gasteiger partial charge is 0.317 e. The summed E-state index contributed by atoms with van der Waals surface area (Å²) in [7, 11) is 1.88. The highest BCUT2D eigenvalue weighted by Crippen LogP contribution is 2.30. The molecule has 1 aliphatic rings. The minimum Gasteiger partial charge on any atom is -0.317 e. The van der Waals surface area contributed by atoms with Gasteiger partial charge in [-0.1, -0.05) is 54.1 Å². The minimum atomic E-state index is -0.173. The van der Waals surface area contributed by atoms with Gasteiger partial charge in [-0.3, -0.25) is 4.79 Å². The Labute approximate surface area is 145 Å². The van der Waals surface area contributed by atoms with E-state index < -0.39 is 0 Å². The molecule has 0 radical (unpaired) electrons. The van der Waals surface area contributed by atoms with E-state index >= 15 is 0 Å². The fraction of sp³-hybridized carbons (Fsp3) is 0.158. The quantitative estimate of drug-likeness (QED) is 0.907. The van der Waals surface area contributed by atoms with Gasteiger partial charge in [0.25, 0.3) is 0 Å². The van der Waals surface area contributed by atoms with Gasteiger partial charge in [-0.25, -0.2) is 5.01 Å². The zero-order valence-electron chi connectivity index (χ0n) is 13.2. The number of allylic oxidation sites excluding steroid dienone is 1. The maximum absolute atomic E-state index is 12.7. The van der Waals surface area contributed by atoms with Gasteiger partial charge < -0.3 is 5.43 Å². The number of Topliss-reactive ketones (excluding diaryl/α,β-unsaturated/α-hetero) is 1. The molecule has 120 valence electrons. The molecule has 0 unspecified atom stereocenters. The molecule has 1 heterocycles. The van der Waals surface area contributed by atoms with Gasteiger partial charge >= 0.3 is 0 Å². The number of halogens is 1. The molecule has 0 spiro atoms. The molecule has 3 rings (SSSR count). The molecule has 2 aromatic carbocycles. The smallest absolute Gasteiger partial charge is 0.177 e. The van der Waals surface area contributed by atoms with Crippen molar-refractivity contribution in [3.05, 3.63) is 76.3 Å². The molecule has 5 heteroatoms. The highest BCUT2D eigenvalue weighted by atomic mass is 35.5. The van der Waals surface area contributed by atoms with E-state index in [1.807, 2.05) is 42.4 Å². The first-order chi connectivity index (χ1) is 11.6. The molecule has 0 saturated carbocycles. The molecule has 24 heavy (non-hydrogen) atoms. The molecule has 0 aliphatic carbocycles. The van der Waals surface area contributed by atoms with Crippen LogP contribution in [0.25, 0.3) is 5.70 Å². The number of carbonyl (C=O) groups excluding carboxylic acids is 1. The van der Waals surface area contributed by atoms with Gasteiger partial charge in [0.2, 0.25) is 0 Å². The molecule has 0 aromatic heterocycles. The maximum atomic E-state index is 12.7. The van der Waals surface area contributed by atoms with Crippen molar-refractivity contribution < 1.29 is 4.79 Å². The van der Waals surface area contributed by atoms with Crippen LogP contribution < -0.4 is 5.43 Å². The summed E-state index contributed by atoms with van der Waals surface area (Å²) in [4.78, 5) is 12.7. The number of carbonyl (C=O) groups is 1. The van der Waals surface area contributed by atoms with Crippen LogP contribution in [-0.2, 0) is 4.79 Å². The van der Waals surface area contributed by atoms with Gasteiger partial charge in [-0.05, 0) is 17.7 Å². The summed E-state index contributed by atoms with van der Waals surface area (Å²) >= 11 is 5.93. The lowest BCUT2D eigenvalue weighted by molar-refractivity contribution is -0.116. The van der Waals surface area contributed by atoms with E-state index in [1.54, 1.807) is 24.3 Å². The van der Waals surface area contributed by atoms with Crippen LogP contribution in [0.4, 0.5) is 0 Å². The molecular weight excluding hydrogens is 322 g/mol. The van der Waals surface area contributed by atoms with Crippen molar-refractivity contribution in [2.75, 3.05) is 7.05 Å². The molecule has 0 amide bonds. The van der Waals surface area contributed by atoms with Crippen molar-refractivity contribution in [2.45, 2.75) is 12.5 Å². The van der Waals surface area contributed by atoms with Crippen LogP contribution in [0.5, 0.6) is 0 Å². The monoisotopic (exact) mass is 337 g/mol. The van der Waals surface area contributed by atoms with E-state index in [9.17, 15) is 10.1 Å². The van der Waals surface area contributed by atoms with Gasteiger partial charge in [0.05, 0.1) is 11.7 Å². The lowest BCUT2D eigenvalue weighted by Gasteiger charge is -2.27. The fourth-order valence-electron chi connectivity index (χ4n) is 2.82. The van der Waals surface area contributed by atoms with Crippen LogP contribution in [0.3, 0.4) is 0 Å². The Balaban J connectivity index is 2.02. The van der Waals surface area contributed by atoms with Crippen LogP contribution in [-0.4, -0.2) is 17.8 Å². The van der Waals surface area contributed by atoms with E-state index in [1.165, 1.54) is 0 Å². The third-order valence-corrected chi connectivity index (χ3v) is 4.34. The number of hydrogen-bond donors (Lipinski definition) is 1. The van der Waals surface area contributed by atoms with Gasteiger partial charge in [-0.15, -0.1) is 0 Å². The van der Waals surface area contributed by atoms with E-state index in [0.717, 1.165) is 11.1 Å². The van der Waals surface area contributed by atoms with Crippen molar-refractivity contribution in [1.29, 1.82) is 5.26 Å². The Hall–Kier alpha value is -2.61. The van der Waals surface area contributed by atoms with E-state index in [2.05, 4.69) is 11.5 Å². The van der Waals surface area contributed by atoms with Gasteiger partial charge in [-0.2, -0.15) is 5.26 Å². The van der Waals surface area contributed by atoms with Gasteiger partial charge in [0.15, 0.2) is 5.78 Å². The summed E-state index contributed by atoms with van der Waals surface area (Å²) in [6, 6.07) is 18.8. The summed E-state index contributed by atoms with van der Waals surface area (Å²) in [5.41, 5.74) is 5.65. The number of benzene rings is 2. The number of nitriles is 1. The number of rotatable bonds is 2. The van der Waals surface area contributed by atoms with E-state index in [4.69, 9.17) is 11.6 Å². The zero-order chi connectivity index (χ0) is 17.1. The predicted molar refractivity (Wildman–Crippen MR) is 93.7 cm³/mol. The molecule has 0 fully saturated rings. The van der Waals surface area contributed by atoms with Gasteiger partial charge in [0, 0.05) is 24.1 Å². The third-order valence-electron chi connectivity index (χ3n) is 4.09. The van der Waals surface area contributed by atoms with Crippen molar-refractivity contribution >= 4 is 23.1 Å². The van der Waals surface area contributed by atoms with Crippen LogP contribution >= 0.6 is 11.6 Å². The topological polar surface area (TPSA) is 56.1 Å². The summed E-state index contributed by atoms with van der Waals surface area (Å²) in [5.74, 6) is -0.173. The average Bonchev–Trinajstić information content (AvgIpc) is 2.72. The molecule has 0 saturated heterocycles. The number of nitrogens with zero attached hydrogens (tertiary/aromatic N) is 2. The molecule has 4 nitrogen and oxygen atoms in total. The molecule has 2 aromatic rings. The Morgan fingerprint density at radius 2 is 1.83 bits per heavy atom. The molecule has 0 bridgehead atoms. The zero-order valence-corrected chi connectivity index (χ0v) is 13.9. The SMILES string of the molecule is CN1NC(c2ccc(Cl)cc2)=C(C#N)C(=O)C[C@@H]1c1ccccc1. The Kier molecular flexibility index (Phi) is 4.66. The number of nitrogens with one attached hydrogen (secondary N) is 1. The average molecular weight is 338 g/mol. The first-order valence-corrected chi connectivity index (χ1v) is 7.96. The van der Waals surface area contributed by atoms with Crippen molar-refractivity contribution in [1.82, 2.24) is 10.4 Å². The number of hydrazine groups is 1. The highest BCUT2D eigenvalue weighted by Gasteiger charge is 2.29. The molecule has 1 atom stereocenters. The maximum Gasteiger partial charge on any atom is 0.177 e. The van der Waals surface area contributed by atoms with E-state index in [-0.39, 0.29) is 23.8 Å². The predicted octanol–water partition coefficient (Wildman–Crippen LogP) is 3.73. The first kappa shape index (κ1) is 16.3. The normalized spacial score (nSPS) is 18.7. The second-order valence-corrected chi connectivity index (χ2v) is 6.08. The van der Waals surface area contributed by atoms with Crippen molar-refractivity contribution in [2.24, 2.45) is 0 Å². The van der Waals surface area contributed by atoms with Crippen LogP contribution in [0.15, 0.2) is 60.2 Å². The Morgan fingerprint density at radius 3 is 2.46 bits per heavy atom. The van der Waals surface area contributed by atoms with E-state index in [0.29, 0.717) is 10.7 Å². The van der Waals surface area contributed by atoms with Crippen LogP contribution in [0.2, 0.25) is 5.02 Å². The third kappa shape index (κ3) is 3.18. The highest BCUT2D eigenvalue weighted by molar-refractivity contribution is 6.30. The van der Waals surface area contributed by atoms with Gasteiger partial charge in [0.1, 0.15) is 11.6 Å². The van der Waals surface area contributed by atoms with Crippen LogP contribution in [0, 0.1) is 11.3 Å². The summed E-state index contributed by atoms with van der Waals surface area (Å²) in [6.45, 7) is 0. The standard InChI is InChI=1S/C19H16ClN3O/c1-23-17(13-5-3-2-4-6-13)11-18(24)16(12-21)19(22-23)14-7-9-15(20)10-8-14/h2-10,17,22H,11H2,1H3/t17-/m1/s1. The summed E-state index contributed by atoms with van der Waals surface area (Å²) < 4.78 is 0. The number of hydrogen-bond acceptors (Lipinski definition) is 4. The van der Waals surface area contributed by atoms with Crippen molar-refractivity contribution in [3.63, 3.8) is 0 Å². The summed E-state index contributed by atoms with van der Waals surface area (Å²) in [6.07, 6.45) is 0.244. The first-order valence-electron chi connectivity index (χ1n) is 7.58. The summed E-state index contributed by atoms with van der Waals surface area (Å²) in [5, 5.41) is 12.0. The lowest BCUT2D eigenvalue weighted by Crippen LogP contribution is -2.35.